The zero-order chi connectivity index (χ0) is 16.2. The number of aryl methyl sites for hydroxylation is 1. The lowest BCUT2D eigenvalue weighted by atomic mass is 10.2. The fraction of sp³-hybridized carbons (Fsp3) is 0.600. The highest BCUT2D eigenvalue weighted by atomic mass is 16.5. The molecule has 1 rings (SSSR count). The minimum absolute atomic E-state index is 0.249. The molecule has 0 fully saturated rings. The summed E-state index contributed by atoms with van der Waals surface area (Å²) in [6.45, 7) is 8.17. The fourth-order valence-corrected chi connectivity index (χ4v) is 2.58. The molecule has 0 spiro atoms. The van der Waals surface area contributed by atoms with Crippen LogP contribution in [0.4, 0.5) is 0 Å². The predicted molar refractivity (Wildman–Crippen MR) is 79.7 cm³/mol. The van der Waals surface area contributed by atoms with Crippen LogP contribution in [0.2, 0.25) is 0 Å². The Kier molecular flexibility index (Phi) is 5.96. The number of methoxy groups -OCH3 is 1. The molecule has 6 heteroatoms. The van der Waals surface area contributed by atoms with Gasteiger partial charge >= 0.3 is 5.97 Å². The minimum Gasteiger partial charge on any atom is -0.480 e. The maximum Gasteiger partial charge on any atom is 0.323 e. The molecule has 1 N–H and O–H groups in total. The van der Waals surface area contributed by atoms with Crippen LogP contribution < -0.4 is 0 Å². The van der Waals surface area contributed by atoms with Crippen molar-refractivity contribution >= 4 is 11.9 Å². The molecule has 118 valence electrons. The second-order valence-corrected chi connectivity index (χ2v) is 5.36. The number of carboxylic acid groups (broad SMARTS) is 1. The molecule has 1 amide bonds. The molecule has 0 bridgehead atoms. The van der Waals surface area contributed by atoms with E-state index < -0.39 is 5.97 Å². The first-order chi connectivity index (χ1) is 9.79. The first kappa shape index (κ1) is 17.2. The van der Waals surface area contributed by atoms with Crippen LogP contribution in [-0.2, 0) is 9.53 Å². The molecule has 0 saturated carbocycles. The Hall–Kier alpha value is -1.82. The van der Waals surface area contributed by atoms with Gasteiger partial charge in [-0.2, -0.15) is 0 Å². The Bertz CT molecular complexity index is 520. The van der Waals surface area contributed by atoms with Crippen molar-refractivity contribution in [3.8, 4) is 0 Å². The number of carboxylic acids is 1. The van der Waals surface area contributed by atoms with E-state index >= 15 is 0 Å². The summed E-state index contributed by atoms with van der Waals surface area (Å²) >= 11 is 0. The summed E-state index contributed by atoms with van der Waals surface area (Å²) in [6.07, 6.45) is 0. The summed E-state index contributed by atoms with van der Waals surface area (Å²) in [4.78, 5) is 24.8. The van der Waals surface area contributed by atoms with E-state index in [0.29, 0.717) is 12.2 Å². The van der Waals surface area contributed by atoms with Crippen molar-refractivity contribution in [2.24, 2.45) is 0 Å². The number of rotatable bonds is 7. The molecule has 21 heavy (non-hydrogen) atoms. The summed E-state index contributed by atoms with van der Waals surface area (Å²) in [7, 11) is 1.52. The van der Waals surface area contributed by atoms with Crippen LogP contribution in [0.3, 0.4) is 0 Å². The van der Waals surface area contributed by atoms with Crippen molar-refractivity contribution in [1.82, 2.24) is 9.47 Å². The van der Waals surface area contributed by atoms with E-state index in [-0.39, 0.29) is 25.0 Å². The van der Waals surface area contributed by atoms with E-state index in [1.54, 1.807) is 0 Å². The van der Waals surface area contributed by atoms with Crippen LogP contribution in [0.25, 0.3) is 0 Å². The molecule has 0 aliphatic rings. The Balaban J connectivity index is 3.08. The van der Waals surface area contributed by atoms with Gasteiger partial charge in [-0.15, -0.1) is 0 Å². The molecule has 1 aromatic rings. The normalized spacial score (nSPS) is 11.0. The number of aliphatic carboxylic acids is 1. The van der Waals surface area contributed by atoms with Crippen molar-refractivity contribution in [2.45, 2.75) is 33.7 Å². The van der Waals surface area contributed by atoms with Gasteiger partial charge in [-0.1, -0.05) is 0 Å². The van der Waals surface area contributed by atoms with E-state index in [2.05, 4.69) is 4.57 Å². The number of hydrogen-bond acceptors (Lipinski definition) is 3. The van der Waals surface area contributed by atoms with Crippen LogP contribution in [0, 0.1) is 13.8 Å². The first-order valence-electron chi connectivity index (χ1n) is 6.98. The van der Waals surface area contributed by atoms with Gasteiger partial charge < -0.3 is 19.3 Å². The molecule has 0 aromatic carbocycles. The zero-order valence-electron chi connectivity index (χ0n) is 13.3. The predicted octanol–water partition coefficient (Wildman–Crippen LogP) is 1.86. The maximum absolute atomic E-state index is 12.6. The molecule has 0 unspecified atom stereocenters. The molecule has 0 aliphatic carbocycles. The maximum atomic E-state index is 12.6. The highest BCUT2D eigenvalue weighted by Crippen LogP contribution is 2.21. The van der Waals surface area contributed by atoms with Gasteiger partial charge in [0.05, 0.1) is 12.2 Å². The second-order valence-electron chi connectivity index (χ2n) is 5.36. The van der Waals surface area contributed by atoms with E-state index in [1.807, 2.05) is 33.8 Å². The van der Waals surface area contributed by atoms with Crippen molar-refractivity contribution in [3.05, 3.63) is 23.0 Å². The summed E-state index contributed by atoms with van der Waals surface area (Å²) in [5.74, 6) is -1.30. The minimum atomic E-state index is -1.03. The summed E-state index contributed by atoms with van der Waals surface area (Å²) in [5.41, 5.74) is 2.41. The summed E-state index contributed by atoms with van der Waals surface area (Å²) in [5, 5.41) is 8.96. The van der Waals surface area contributed by atoms with Gasteiger partial charge in [-0.05, 0) is 33.8 Å². The summed E-state index contributed by atoms with van der Waals surface area (Å²) < 4.78 is 7.02. The number of amides is 1. The van der Waals surface area contributed by atoms with E-state index in [0.717, 1.165) is 11.4 Å². The smallest absolute Gasteiger partial charge is 0.323 e. The van der Waals surface area contributed by atoms with Gasteiger partial charge in [0.25, 0.3) is 5.91 Å². The molecular weight excluding hydrogens is 272 g/mol. The third kappa shape index (κ3) is 4.07. The molecule has 1 aromatic heterocycles. The van der Waals surface area contributed by atoms with Gasteiger partial charge in [-0.3, -0.25) is 9.59 Å². The Morgan fingerprint density at radius 2 is 2.00 bits per heavy atom. The lowest BCUT2D eigenvalue weighted by Gasteiger charge is -2.20. The van der Waals surface area contributed by atoms with Crippen LogP contribution in [0.5, 0.6) is 0 Å². The van der Waals surface area contributed by atoms with Crippen LogP contribution in [0.1, 0.15) is 41.6 Å². The van der Waals surface area contributed by atoms with Gasteiger partial charge in [0.15, 0.2) is 0 Å². The molecule has 0 atom stereocenters. The van der Waals surface area contributed by atoms with Gasteiger partial charge in [0.2, 0.25) is 0 Å². The Morgan fingerprint density at radius 1 is 1.38 bits per heavy atom. The third-order valence-electron chi connectivity index (χ3n) is 3.41. The van der Waals surface area contributed by atoms with Crippen molar-refractivity contribution in [1.29, 1.82) is 0 Å². The number of ether oxygens (including phenoxy) is 1. The SMILES string of the molecule is COCCN(CC(=O)O)C(=O)c1cc(C)n(C(C)C)c1C. The molecule has 0 aliphatic heterocycles. The van der Waals surface area contributed by atoms with Gasteiger partial charge in [-0.25, -0.2) is 0 Å². The summed E-state index contributed by atoms with van der Waals surface area (Å²) in [6, 6.07) is 2.07. The topological polar surface area (TPSA) is 71.8 Å². The zero-order valence-corrected chi connectivity index (χ0v) is 13.3. The number of carbonyl (C=O) groups is 2. The number of hydrogen-bond donors (Lipinski definition) is 1. The Morgan fingerprint density at radius 3 is 2.43 bits per heavy atom. The molecule has 0 saturated heterocycles. The van der Waals surface area contributed by atoms with Gasteiger partial charge in [0.1, 0.15) is 6.54 Å². The van der Waals surface area contributed by atoms with Crippen LogP contribution >= 0.6 is 0 Å². The number of aromatic nitrogens is 1. The standard InChI is InChI=1S/C15H24N2O4/c1-10(2)17-11(3)8-13(12(17)4)15(20)16(6-7-21-5)9-14(18)19/h8,10H,6-7,9H2,1-5H3,(H,18,19). The van der Waals surface area contributed by atoms with Crippen molar-refractivity contribution in [3.63, 3.8) is 0 Å². The molecule has 0 radical (unpaired) electrons. The largest absolute Gasteiger partial charge is 0.480 e. The van der Waals surface area contributed by atoms with E-state index in [4.69, 9.17) is 9.84 Å². The van der Waals surface area contributed by atoms with E-state index in [1.165, 1.54) is 12.0 Å². The average molecular weight is 296 g/mol. The quantitative estimate of drug-likeness (QED) is 0.833. The lowest BCUT2D eigenvalue weighted by Crippen LogP contribution is -2.38. The number of carbonyl (C=O) groups excluding carboxylic acids is 1. The van der Waals surface area contributed by atoms with E-state index in [9.17, 15) is 9.59 Å². The van der Waals surface area contributed by atoms with Crippen molar-refractivity contribution in [2.75, 3.05) is 26.8 Å². The Labute approximate surface area is 125 Å². The van der Waals surface area contributed by atoms with Gasteiger partial charge in [0, 0.05) is 31.1 Å². The molecule has 6 nitrogen and oxygen atoms in total. The molecule has 1 heterocycles. The highest BCUT2D eigenvalue weighted by molar-refractivity contribution is 5.97. The van der Waals surface area contributed by atoms with Crippen LogP contribution in [0.15, 0.2) is 6.07 Å². The van der Waals surface area contributed by atoms with Crippen LogP contribution in [-0.4, -0.2) is 53.3 Å². The second kappa shape index (κ2) is 7.26. The van der Waals surface area contributed by atoms with Crippen molar-refractivity contribution < 1.29 is 19.4 Å². The lowest BCUT2D eigenvalue weighted by molar-refractivity contribution is -0.137. The highest BCUT2D eigenvalue weighted by Gasteiger charge is 2.23. The molecular formula is C15H24N2O4. The third-order valence-corrected chi connectivity index (χ3v) is 3.41. The average Bonchev–Trinajstić information content (AvgIpc) is 2.68. The number of nitrogens with zero attached hydrogens (tertiary/aromatic N) is 2. The monoisotopic (exact) mass is 296 g/mol. The fourth-order valence-electron chi connectivity index (χ4n) is 2.58. The first-order valence-corrected chi connectivity index (χ1v) is 6.98.